The first kappa shape index (κ1) is 38.2. The number of ether oxygens (including phenoxy) is 2. The Kier molecular flexibility index (Phi) is 20.2. The van der Waals surface area contributed by atoms with Gasteiger partial charge in [-0.2, -0.15) is 0 Å². The van der Waals surface area contributed by atoms with E-state index in [1.54, 1.807) is 18.3 Å². The molecule has 46 heavy (non-hydrogen) atoms. The molecule has 1 aromatic heterocycles. The minimum absolute atomic E-state index is 0.0668. The van der Waals surface area contributed by atoms with Gasteiger partial charge < -0.3 is 25.8 Å². The van der Waals surface area contributed by atoms with Crippen molar-refractivity contribution < 1.29 is 28.7 Å². The van der Waals surface area contributed by atoms with Crippen molar-refractivity contribution in [2.24, 2.45) is 5.73 Å². The summed E-state index contributed by atoms with van der Waals surface area (Å²) in [6, 6.07) is 13.1. The number of hydrogen-bond acceptors (Lipinski definition) is 7. The van der Waals surface area contributed by atoms with Crippen LogP contribution in [-0.2, 0) is 37.0 Å². The van der Waals surface area contributed by atoms with E-state index >= 15 is 0 Å². The standard InChI is InChI=1S/C36H54N4O6/c1-2-3-4-5-6-7-8-9-10-11-15-22-31(26-33(37)41)46-35(43)32(40-36(44)39-27-30-21-16-17-25-38-30)23-18-24-34(42)45-28-29-19-13-12-14-20-29/h12-14,16-17,19-21,25,31-32H,2-11,15,18,22-24,26-28H2,1H3,(H2,37,41)(H2,39,40,44)/t31-,32-/m0/s1. The molecule has 0 bridgehead atoms. The van der Waals surface area contributed by atoms with Crippen molar-refractivity contribution in [3.05, 3.63) is 66.0 Å². The third-order valence-corrected chi connectivity index (χ3v) is 7.70. The molecule has 2 aromatic rings. The number of rotatable bonds is 25. The van der Waals surface area contributed by atoms with Gasteiger partial charge in [-0.05, 0) is 43.4 Å². The first-order valence-electron chi connectivity index (χ1n) is 17.0. The lowest BCUT2D eigenvalue weighted by Gasteiger charge is -2.22. The summed E-state index contributed by atoms with van der Waals surface area (Å²) in [5.74, 6) is -1.63. The van der Waals surface area contributed by atoms with Gasteiger partial charge >= 0.3 is 18.0 Å². The summed E-state index contributed by atoms with van der Waals surface area (Å²) in [5, 5.41) is 5.37. The van der Waals surface area contributed by atoms with Crippen molar-refractivity contribution in [1.29, 1.82) is 0 Å². The summed E-state index contributed by atoms with van der Waals surface area (Å²) in [5.41, 5.74) is 7.00. The van der Waals surface area contributed by atoms with Gasteiger partial charge in [-0.25, -0.2) is 9.59 Å². The first-order valence-corrected chi connectivity index (χ1v) is 17.0. The van der Waals surface area contributed by atoms with Crippen molar-refractivity contribution in [3.63, 3.8) is 0 Å². The highest BCUT2D eigenvalue weighted by molar-refractivity contribution is 5.84. The molecule has 1 heterocycles. The Balaban J connectivity index is 1.85. The van der Waals surface area contributed by atoms with Crippen LogP contribution in [0, 0.1) is 0 Å². The smallest absolute Gasteiger partial charge is 0.328 e. The predicted octanol–water partition coefficient (Wildman–Crippen LogP) is 6.65. The van der Waals surface area contributed by atoms with E-state index in [9.17, 15) is 19.2 Å². The van der Waals surface area contributed by atoms with Gasteiger partial charge in [0.2, 0.25) is 5.91 Å². The van der Waals surface area contributed by atoms with E-state index in [4.69, 9.17) is 15.2 Å². The molecular formula is C36H54N4O6. The summed E-state index contributed by atoms with van der Waals surface area (Å²) in [4.78, 5) is 54.3. The quantitative estimate of drug-likeness (QED) is 0.0814. The van der Waals surface area contributed by atoms with Crippen molar-refractivity contribution in [3.8, 4) is 0 Å². The summed E-state index contributed by atoms with van der Waals surface area (Å²) in [6.45, 7) is 2.56. The number of benzene rings is 1. The Morgan fingerprint density at radius 1 is 0.804 bits per heavy atom. The van der Waals surface area contributed by atoms with E-state index in [1.807, 2.05) is 36.4 Å². The molecule has 0 aliphatic heterocycles. The Hall–Kier alpha value is -3.95. The van der Waals surface area contributed by atoms with Gasteiger partial charge in [0.1, 0.15) is 18.8 Å². The molecule has 0 saturated heterocycles. The molecule has 4 N–H and O–H groups in total. The van der Waals surface area contributed by atoms with Gasteiger partial charge in [-0.3, -0.25) is 14.6 Å². The van der Waals surface area contributed by atoms with E-state index in [0.29, 0.717) is 12.1 Å². The van der Waals surface area contributed by atoms with E-state index in [0.717, 1.165) is 24.8 Å². The first-order chi connectivity index (χ1) is 22.4. The Labute approximate surface area is 274 Å². The number of primary amides is 1. The number of nitrogens with one attached hydrogen (secondary N) is 2. The number of carbonyl (C=O) groups is 4. The third-order valence-electron chi connectivity index (χ3n) is 7.70. The number of urea groups is 1. The van der Waals surface area contributed by atoms with Gasteiger partial charge in [0.25, 0.3) is 0 Å². The van der Waals surface area contributed by atoms with Gasteiger partial charge in [0.05, 0.1) is 18.7 Å². The summed E-state index contributed by atoms with van der Waals surface area (Å²) in [7, 11) is 0. The molecule has 2 rings (SSSR count). The second kappa shape index (κ2) is 24.3. The average molecular weight is 639 g/mol. The van der Waals surface area contributed by atoms with Crippen molar-refractivity contribution >= 4 is 23.9 Å². The van der Waals surface area contributed by atoms with Gasteiger partial charge in [-0.1, -0.05) is 108 Å². The van der Waals surface area contributed by atoms with Gasteiger partial charge in [-0.15, -0.1) is 0 Å². The van der Waals surface area contributed by atoms with E-state index in [1.165, 1.54) is 51.4 Å². The SMILES string of the molecule is CCCCCCCCCCCCC[C@@H](CC(N)=O)OC(=O)[C@H](CCCC(=O)OCc1ccccc1)NC(=O)NCc1ccccn1. The van der Waals surface area contributed by atoms with Crippen LogP contribution in [0.25, 0.3) is 0 Å². The van der Waals surface area contributed by atoms with Gasteiger partial charge in [0.15, 0.2) is 0 Å². The zero-order chi connectivity index (χ0) is 33.2. The molecule has 1 aromatic carbocycles. The van der Waals surface area contributed by atoms with E-state index < -0.39 is 36.0 Å². The number of unbranched alkanes of at least 4 members (excludes halogenated alkanes) is 10. The zero-order valence-corrected chi connectivity index (χ0v) is 27.6. The maximum absolute atomic E-state index is 13.3. The molecule has 0 radical (unpaired) electrons. The van der Waals surface area contributed by atoms with Crippen LogP contribution in [0.3, 0.4) is 0 Å². The van der Waals surface area contributed by atoms with Crippen molar-refractivity contribution in [1.82, 2.24) is 15.6 Å². The number of amides is 3. The molecule has 3 amide bonds. The molecule has 10 heteroatoms. The lowest BCUT2D eigenvalue weighted by molar-refractivity contribution is -0.153. The fourth-order valence-corrected chi connectivity index (χ4v) is 5.10. The highest BCUT2D eigenvalue weighted by Gasteiger charge is 2.26. The largest absolute Gasteiger partial charge is 0.461 e. The molecule has 10 nitrogen and oxygen atoms in total. The second-order valence-corrected chi connectivity index (χ2v) is 11.8. The molecule has 0 aliphatic rings. The minimum Gasteiger partial charge on any atom is -0.461 e. The highest BCUT2D eigenvalue weighted by Crippen LogP contribution is 2.16. The van der Waals surface area contributed by atoms with Crippen LogP contribution in [0.4, 0.5) is 4.79 Å². The summed E-state index contributed by atoms with van der Waals surface area (Å²) >= 11 is 0. The topological polar surface area (TPSA) is 150 Å². The van der Waals surface area contributed by atoms with Crippen molar-refractivity contribution in [2.75, 3.05) is 0 Å². The predicted molar refractivity (Wildman–Crippen MR) is 178 cm³/mol. The number of nitrogens with zero attached hydrogens (tertiary/aromatic N) is 1. The number of esters is 2. The molecule has 254 valence electrons. The zero-order valence-electron chi connectivity index (χ0n) is 27.6. The monoisotopic (exact) mass is 638 g/mol. The molecule has 2 atom stereocenters. The highest BCUT2D eigenvalue weighted by atomic mass is 16.5. The minimum atomic E-state index is -1.03. The summed E-state index contributed by atoms with van der Waals surface area (Å²) in [6.07, 6.45) is 14.9. The summed E-state index contributed by atoms with van der Waals surface area (Å²) < 4.78 is 11.1. The third kappa shape index (κ3) is 18.8. The van der Waals surface area contributed by atoms with E-state index in [2.05, 4.69) is 22.5 Å². The number of nitrogens with two attached hydrogens (primary N) is 1. The normalized spacial score (nSPS) is 12.1. The van der Waals surface area contributed by atoms with Crippen LogP contribution in [0.1, 0.15) is 121 Å². The van der Waals surface area contributed by atoms with Crippen molar-refractivity contribution in [2.45, 2.75) is 135 Å². The Morgan fingerprint density at radius 2 is 1.46 bits per heavy atom. The van der Waals surface area contributed by atoms with Crippen LogP contribution in [0.15, 0.2) is 54.7 Å². The number of aromatic nitrogens is 1. The molecular weight excluding hydrogens is 584 g/mol. The number of hydrogen-bond donors (Lipinski definition) is 3. The maximum Gasteiger partial charge on any atom is 0.328 e. The Morgan fingerprint density at radius 3 is 2.09 bits per heavy atom. The van der Waals surface area contributed by atoms with Crippen LogP contribution < -0.4 is 16.4 Å². The van der Waals surface area contributed by atoms with E-state index in [-0.39, 0.29) is 38.8 Å². The average Bonchev–Trinajstić information content (AvgIpc) is 3.05. The maximum atomic E-state index is 13.3. The lowest BCUT2D eigenvalue weighted by Crippen LogP contribution is -2.47. The van der Waals surface area contributed by atoms with Crippen LogP contribution in [-0.4, -0.2) is 41.0 Å². The fraction of sp³-hybridized carbons (Fsp3) is 0.583. The molecule has 0 saturated carbocycles. The fourth-order valence-electron chi connectivity index (χ4n) is 5.10. The lowest BCUT2D eigenvalue weighted by atomic mass is 10.0. The molecule has 0 aliphatic carbocycles. The number of carbonyl (C=O) groups excluding carboxylic acids is 4. The number of pyridine rings is 1. The molecule has 0 spiro atoms. The molecule has 0 fully saturated rings. The van der Waals surface area contributed by atoms with Crippen LogP contribution >= 0.6 is 0 Å². The van der Waals surface area contributed by atoms with Gasteiger partial charge in [0, 0.05) is 12.6 Å². The Bertz CT molecular complexity index is 1130. The van der Waals surface area contributed by atoms with Crippen LogP contribution in [0.2, 0.25) is 0 Å². The molecule has 0 unspecified atom stereocenters. The van der Waals surface area contributed by atoms with Crippen LogP contribution in [0.5, 0.6) is 0 Å². The second-order valence-electron chi connectivity index (χ2n) is 11.8.